The second-order valence-corrected chi connectivity index (χ2v) is 4.71. The number of carboxylic acids is 1. The molecule has 5 heteroatoms. The van der Waals surface area contributed by atoms with Crippen LogP contribution in [0, 0.1) is 0 Å². The van der Waals surface area contributed by atoms with E-state index in [1.54, 1.807) is 12.1 Å². The highest BCUT2D eigenvalue weighted by molar-refractivity contribution is 8.00. The molecule has 3 nitrogen and oxygen atoms in total. The zero-order valence-electron chi connectivity index (χ0n) is 8.31. The summed E-state index contributed by atoms with van der Waals surface area (Å²) in [5.74, 6) is -0.793. The summed E-state index contributed by atoms with van der Waals surface area (Å²) >= 11 is 6.94. The molecule has 0 aliphatic heterocycles. The molecule has 1 atom stereocenters. The van der Waals surface area contributed by atoms with Gasteiger partial charge in [0.2, 0.25) is 0 Å². The normalized spacial score (nSPS) is 12.4. The minimum absolute atomic E-state index is 0.427. The van der Waals surface area contributed by atoms with Crippen LogP contribution in [-0.4, -0.2) is 21.3 Å². The van der Waals surface area contributed by atoms with Crippen LogP contribution in [0.5, 0.6) is 0 Å². The molecular weight excluding hydrogens is 234 g/mol. The largest absolute Gasteiger partial charge is 0.480 e. The van der Waals surface area contributed by atoms with E-state index in [4.69, 9.17) is 16.7 Å². The number of carboxylic acid groups (broad SMARTS) is 1. The van der Waals surface area contributed by atoms with Crippen molar-refractivity contribution in [3.63, 3.8) is 0 Å². The Balaban J connectivity index is 2.65. The fourth-order valence-electron chi connectivity index (χ4n) is 1.07. The Morgan fingerprint density at radius 3 is 2.87 bits per heavy atom. The quantitative estimate of drug-likeness (QED) is 0.810. The predicted molar refractivity (Wildman–Crippen MR) is 61.4 cm³/mol. The van der Waals surface area contributed by atoms with Gasteiger partial charge in [-0.3, -0.25) is 4.79 Å². The number of pyridine rings is 1. The average Bonchev–Trinajstić information content (AvgIpc) is 2.20. The number of nitrogens with zero attached hydrogens (tertiary/aromatic N) is 1. The maximum absolute atomic E-state index is 10.9. The third-order valence-electron chi connectivity index (χ3n) is 1.79. The summed E-state index contributed by atoms with van der Waals surface area (Å²) in [4.78, 5) is 14.9. The summed E-state index contributed by atoms with van der Waals surface area (Å²) in [7, 11) is 0. The molecule has 1 aromatic rings. The van der Waals surface area contributed by atoms with Crippen molar-refractivity contribution in [2.45, 2.75) is 30.0 Å². The van der Waals surface area contributed by atoms with Gasteiger partial charge in [0.25, 0.3) is 0 Å². The first kappa shape index (κ1) is 12.3. The van der Waals surface area contributed by atoms with E-state index in [2.05, 4.69) is 4.98 Å². The lowest BCUT2D eigenvalue weighted by Gasteiger charge is -2.09. The van der Waals surface area contributed by atoms with Gasteiger partial charge in [-0.25, -0.2) is 4.98 Å². The van der Waals surface area contributed by atoms with E-state index in [0.29, 0.717) is 16.5 Å². The third kappa shape index (κ3) is 4.10. The van der Waals surface area contributed by atoms with Crippen LogP contribution in [0.3, 0.4) is 0 Å². The fraction of sp³-hybridized carbons (Fsp3) is 0.400. The van der Waals surface area contributed by atoms with E-state index >= 15 is 0 Å². The molecule has 0 aliphatic rings. The van der Waals surface area contributed by atoms with Crippen molar-refractivity contribution in [3.05, 3.63) is 23.4 Å². The monoisotopic (exact) mass is 245 g/mol. The van der Waals surface area contributed by atoms with E-state index in [-0.39, 0.29) is 0 Å². The first-order chi connectivity index (χ1) is 7.13. The van der Waals surface area contributed by atoms with Gasteiger partial charge in [-0.05, 0) is 18.6 Å². The average molecular weight is 246 g/mol. The number of halogens is 1. The molecule has 0 aromatic carbocycles. The standard InChI is InChI=1S/C10H12ClNO2S/c1-2-3-8(10(13)14)15-9-5-4-7(11)6-12-9/h4-6,8H,2-3H2,1H3,(H,13,14). The molecular formula is C10H12ClNO2S. The van der Waals surface area contributed by atoms with Gasteiger partial charge in [0, 0.05) is 6.20 Å². The molecule has 0 amide bonds. The Kier molecular flexibility index (Phi) is 4.91. The van der Waals surface area contributed by atoms with Crippen molar-refractivity contribution in [2.24, 2.45) is 0 Å². The maximum Gasteiger partial charge on any atom is 0.317 e. The molecule has 0 saturated heterocycles. The van der Waals surface area contributed by atoms with Crippen molar-refractivity contribution in [1.29, 1.82) is 0 Å². The lowest BCUT2D eigenvalue weighted by molar-refractivity contribution is -0.136. The summed E-state index contributed by atoms with van der Waals surface area (Å²) in [6, 6.07) is 3.44. The molecule has 1 heterocycles. The van der Waals surface area contributed by atoms with Crippen LogP contribution in [0.4, 0.5) is 0 Å². The summed E-state index contributed by atoms with van der Waals surface area (Å²) in [5.41, 5.74) is 0. The van der Waals surface area contributed by atoms with Crippen LogP contribution in [-0.2, 0) is 4.79 Å². The Bertz CT molecular complexity index is 329. The first-order valence-corrected chi connectivity index (χ1v) is 5.90. The van der Waals surface area contributed by atoms with Crippen LogP contribution in [0.2, 0.25) is 5.02 Å². The van der Waals surface area contributed by atoms with Gasteiger partial charge in [0.1, 0.15) is 5.25 Å². The minimum Gasteiger partial charge on any atom is -0.480 e. The number of thioether (sulfide) groups is 1. The topological polar surface area (TPSA) is 50.2 Å². The van der Waals surface area contributed by atoms with E-state index in [0.717, 1.165) is 6.42 Å². The number of hydrogen-bond donors (Lipinski definition) is 1. The second kappa shape index (κ2) is 5.98. The summed E-state index contributed by atoms with van der Waals surface area (Å²) in [5, 5.41) is 9.77. The molecule has 0 saturated carbocycles. The minimum atomic E-state index is -0.793. The van der Waals surface area contributed by atoms with Crippen LogP contribution in [0.15, 0.2) is 23.4 Å². The highest BCUT2D eigenvalue weighted by atomic mass is 35.5. The molecule has 1 unspecified atom stereocenters. The Morgan fingerprint density at radius 2 is 2.40 bits per heavy atom. The van der Waals surface area contributed by atoms with E-state index < -0.39 is 11.2 Å². The van der Waals surface area contributed by atoms with E-state index in [1.165, 1.54) is 18.0 Å². The van der Waals surface area contributed by atoms with Gasteiger partial charge in [-0.2, -0.15) is 0 Å². The molecule has 0 radical (unpaired) electrons. The van der Waals surface area contributed by atoms with E-state index in [9.17, 15) is 4.79 Å². The highest BCUT2D eigenvalue weighted by Gasteiger charge is 2.18. The molecule has 0 fully saturated rings. The summed E-state index contributed by atoms with van der Waals surface area (Å²) in [6.45, 7) is 1.96. The molecule has 0 spiro atoms. The van der Waals surface area contributed by atoms with Crippen LogP contribution in [0.25, 0.3) is 0 Å². The Hall–Kier alpha value is -0.740. The van der Waals surface area contributed by atoms with Crippen molar-refractivity contribution in [3.8, 4) is 0 Å². The molecule has 0 aliphatic carbocycles. The SMILES string of the molecule is CCCC(Sc1ccc(Cl)cn1)C(=O)O. The van der Waals surface area contributed by atoms with Crippen molar-refractivity contribution < 1.29 is 9.90 Å². The maximum atomic E-state index is 10.9. The van der Waals surface area contributed by atoms with Crippen molar-refractivity contribution in [2.75, 3.05) is 0 Å². The predicted octanol–water partition coefficient (Wildman–Crippen LogP) is 3.08. The second-order valence-electron chi connectivity index (χ2n) is 3.05. The van der Waals surface area contributed by atoms with Crippen molar-refractivity contribution >= 4 is 29.3 Å². The Morgan fingerprint density at radius 1 is 1.67 bits per heavy atom. The molecule has 1 N–H and O–H groups in total. The van der Waals surface area contributed by atoms with Crippen LogP contribution < -0.4 is 0 Å². The number of rotatable bonds is 5. The van der Waals surface area contributed by atoms with Gasteiger partial charge in [0.05, 0.1) is 10.0 Å². The number of aromatic nitrogens is 1. The fourth-order valence-corrected chi connectivity index (χ4v) is 2.19. The summed E-state index contributed by atoms with van der Waals surface area (Å²) < 4.78 is 0. The van der Waals surface area contributed by atoms with Gasteiger partial charge in [-0.15, -0.1) is 0 Å². The van der Waals surface area contributed by atoms with Gasteiger partial charge < -0.3 is 5.11 Å². The number of aliphatic carboxylic acids is 1. The lowest BCUT2D eigenvalue weighted by Crippen LogP contribution is -2.15. The van der Waals surface area contributed by atoms with Crippen LogP contribution >= 0.6 is 23.4 Å². The van der Waals surface area contributed by atoms with Crippen molar-refractivity contribution in [1.82, 2.24) is 4.98 Å². The number of hydrogen-bond acceptors (Lipinski definition) is 3. The zero-order chi connectivity index (χ0) is 11.3. The molecule has 1 aromatic heterocycles. The van der Waals surface area contributed by atoms with Gasteiger partial charge in [-0.1, -0.05) is 36.7 Å². The van der Waals surface area contributed by atoms with E-state index in [1.807, 2.05) is 6.92 Å². The first-order valence-electron chi connectivity index (χ1n) is 4.64. The molecule has 1 rings (SSSR count). The zero-order valence-corrected chi connectivity index (χ0v) is 9.88. The smallest absolute Gasteiger partial charge is 0.317 e. The lowest BCUT2D eigenvalue weighted by atomic mass is 10.2. The molecule has 15 heavy (non-hydrogen) atoms. The van der Waals surface area contributed by atoms with Gasteiger partial charge >= 0.3 is 5.97 Å². The molecule has 82 valence electrons. The van der Waals surface area contributed by atoms with Gasteiger partial charge in [0.15, 0.2) is 0 Å². The summed E-state index contributed by atoms with van der Waals surface area (Å²) in [6.07, 6.45) is 3.01. The molecule has 0 bridgehead atoms. The highest BCUT2D eigenvalue weighted by Crippen LogP contribution is 2.25. The Labute approximate surface area is 97.9 Å². The van der Waals surface area contributed by atoms with Crippen LogP contribution in [0.1, 0.15) is 19.8 Å². The number of carbonyl (C=O) groups is 1. The third-order valence-corrected chi connectivity index (χ3v) is 3.22.